The molecule has 1 atom stereocenters. The molecule has 1 unspecified atom stereocenters. The van der Waals surface area contributed by atoms with Gasteiger partial charge in [0.05, 0.1) is 13.2 Å². The molecule has 0 saturated heterocycles. The molecule has 2 amide bonds. The van der Waals surface area contributed by atoms with E-state index >= 15 is 0 Å². The highest BCUT2D eigenvalue weighted by atomic mass is 16.5. The van der Waals surface area contributed by atoms with Gasteiger partial charge in [0.15, 0.2) is 0 Å². The Bertz CT molecular complexity index is 712. The molecule has 0 bridgehead atoms. The molecule has 0 aliphatic carbocycles. The number of nitrogens with two attached hydrogens (primary N) is 1. The third-order valence-corrected chi connectivity index (χ3v) is 3.70. The number of benzene rings is 2. The van der Waals surface area contributed by atoms with Crippen molar-refractivity contribution in [3.8, 4) is 5.75 Å². The van der Waals surface area contributed by atoms with E-state index in [1.54, 1.807) is 43.3 Å². The van der Waals surface area contributed by atoms with Gasteiger partial charge < -0.3 is 21.1 Å². The standard InChI is InChI=1S/C19H23N3O3/c1-3-25-16-11-9-15(10-12-16)22-17(23)13-21-18(24)19(2,20)14-7-5-4-6-8-14/h4-12H,3,13,20H2,1-2H3,(H,21,24)(H,22,23). The zero-order chi connectivity index (χ0) is 18.3. The van der Waals surface area contributed by atoms with E-state index in [2.05, 4.69) is 10.6 Å². The lowest BCUT2D eigenvalue weighted by Crippen LogP contribution is -2.50. The van der Waals surface area contributed by atoms with Crippen molar-refractivity contribution in [3.63, 3.8) is 0 Å². The first kappa shape index (κ1) is 18.5. The maximum absolute atomic E-state index is 12.3. The zero-order valence-corrected chi connectivity index (χ0v) is 14.4. The number of hydrogen-bond acceptors (Lipinski definition) is 4. The lowest BCUT2D eigenvalue weighted by molar-refractivity contribution is -0.128. The van der Waals surface area contributed by atoms with Crippen LogP contribution < -0.4 is 21.1 Å². The molecule has 25 heavy (non-hydrogen) atoms. The van der Waals surface area contributed by atoms with Crippen molar-refractivity contribution < 1.29 is 14.3 Å². The van der Waals surface area contributed by atoms with Crippen LogP contribution in [0, 0.1) is 0 Å². The van der Waals surface area contributed by atoms with Gasteiger partial charge in [0, 0.05) is 5.69 Å². The van der Waals surface area contributed by atoms with Crippen molar-refractivity contribution in [1.29, 1.82) is 0 Å². The normalized spacial score (nSPS) is 12.8. The van der Waals surface area contributed by atoms with Gasteiger partial charge in [-0.15, -0.1) is 0 Å². The van der Waals surface area contributed by atoms with Gasteiger partial charge in [0.2, 0.25) is 11.8 Å². The molecule has 2 aromatic carbocycles. The summed E-state index contributed by atoms with van der Waals surface area (Å²) in [6, 6.07) is 16.0. The SMILES string of the molecule is CCOc1ccc(NC(=O)CNC(=O)C(C)(N)c2ccccc2)cc1. The van der Waals surface area contributed by atoms with Gasteiger partial charge in [-0.05, 0) is 43.7 Å². The summed E-state index contributed by atoms with van der Waals surface area (Å²) in [6.07, 6.45) is 0. The number of amides is 2. The van der Waals surface area contributed by atoms with Crippen molar-refractivity contribution in [2.75, 3.05) is 18.5 Å². The second kappa shape index (κ2) is 8.30. The monoisotopic (exact) mass is 341 g/mol. The van der Waals surface area contributed by atoms with Gasteiger partial charge >= 0.3 is 0 Å². The Morgan fingerprint density at radius 3 is 2.32 bits per heavy atom. The first-order chi connectivity index (χ1) is 11.9. The van der Waals surface area contributed by atoms with Gasteiger partial charge in [-0.1, -0.05) is 30.3 Å². The van der Waals surface area contributed by atoms with Gasteiger partial charge in [-0.2, -0.15) is 0 Å². The fraction of sp³-hybridized carbons (Fsp3) is 0.263. The summed E-state index contributed by atoms with van der Waals surface area (Å²) in [6.45, 7) is 3.93. The summed E-state index contributed by atoms with van der Waals surface area (Å²) in [5.74, 6) is -0.0162. The molecule has 2 aromatic rings. The van der Waals surface area contributed by atoms with E-state index in [1.165, 1.54) is 0 Å². The molecular formula is C19H23N3O3. The number of carbonyl (C=O) groups excluding carboxylic acids is 2. The highest BCUT2D eigenvalue weighted by molar-refractivity contribution is 5.96. The van der Waals surface area contributed by atoms with Gasteiger partial charge in [0.25, 0.3) is 0 Å². The van der Waals surface area contributed by atoms with Crippen LogP contribution in [-0.4, -0.2) is 25.0 Å². The Morgan fingerprint density at radius 1 is 1.08 bits per heavy atom. The Hall–Kier alpha value is -2.86. The summed E-state index contributed by atoms with van der Waals surface area (Å²) in [4.78, 5) is 24.3. The maximum Gasteiger partial charge on any atom is 0.244 e. The van der Waals surface area contributed by atoms with Crippen molar-refractivity contribution in [2.45, 2.75) is 19.4 Å². The number of hydrogen-bond donors (Lipinski definition) is 3. The van der Waals surface area contributed by atoms with E-state index in [4.69, 9.17) is 10.5 Å². The zero-order valence-electron chi connectivity index (χ0n) is 14.4. The number of rotatable bonds is 7. The third-order valence-electron chi connectivity index (χ3n) is 3.70. The molecule has 2 rings (SSSR count). The first-order valence-corrected chi connectivity index (χ1v) is 8.09. The molecule has 4 N–H and O–H groups in total. The maximum atomic E-state index is 12.3. The lowest BCUT2D eigenvalue weighted by atomic mass is 9.92. The van der Waals surface area contributed by atoms with E-state index in [0.717, 1.165) is 5.75 Å². The van der Waals surface area contributed by atoms with Crippen LogP contribution in [0.5, 0.6) is 5.75 Å². The predicted octanol–water partition coefficient (Wildman–Crippen LogP) is 2.01. The third kappa shape index (κ3) is 5.06. The number of carbonyl (C=O) groups is 2. The van der Waals surface area contributed by atoms with Gasteiger partial charge in [-0.3, -0.25) is 9.59 Å². The van der Waals surface area contributed by atoms with Gasteiger partial charge in [0.1, 0.15) is 11.3 Å². The minimum Gasteiger partial charge on any atom is -0.494 e. The largest absolute Gasteiger partial charge is 0.494 e. The van der Waals surface area contributed by atoms with Crippen LogP contribution in [0.15, 0.2) is 54.6 Å². The first-order valence-electron chi connectivity index (χ1n) is 8.09. The van der Waals surface area contributed by atoms with Crippen LogP contribution >= 0.6 is 0 Å². The highest BCUT2D eigenvalue weighted by Crippen LogP contribution is 2.17. The van der Waals surface area contributed by atoms with Crippen molar-refractivity contribution >= 4 is 17.5 Å². The number of nitrogens with one attached hydrogen (secondary N) is 2. The van der Waals surface area contributed by atoms with Crippen LogP contribution in [0.25, 0.3) is 0 Å². The second-order valence-corrected chi connectivity index (χ2v) is 5.76. The average Bonchev–Trinajstić information content (AvgIpc) is 2.62. The topological polar surface area (TPSA) is 93.5 Å². The van der Waals surface area contributed by atoms with Crippen molar-refractivity contribution in [2.24, 2.45) is 5.73 Å². The Morgan fingerprint density at radius 2 is 1.72 bits per heavy atom. The van der Waals surface area contributed by atoms with E-state index in [1.807, 2.05) is 25.1 Å². The van der Waals surface area contributed by atoms with Crippen LogP contribution in [-0.2, 0) is 15.1 Å². The molecule has 0 heterocycles. The molecule has 132 valence electrons. The molecule has 6 nitrogen and oxygen atoms in total. The molecule has 0 aliphatic heterocycles. The van der Waals surface area contributed by atoms with Crippen molar-refractivity contribution in [3.05, 3.63) is 60.2 Å². The summed E-state index contributed by atoms with van der Waals surface area (Å²) in [5, 5.41) is 5.28. The predicted molar refractivity (Wildman–Crippen MR) is 97.2 cm³/mol. The Balaban J connectivity index is 1.87. The quantitative estimate of drug-likeness (QED) is 0.718. The minimum atomic E-state index is -1.21. The Kier molecular flexibility index (Phi) is 6.14. The number of ether oxygens (including phenoxy) is 1. The molecule has 0 radical (unpaired) electrons. The molecule has 0 aliphatic rings. The van der Waals surface area contributed by atoms with E-state index in [-0.39, 0.29) is 12.5 Å². The highest BCUT2D eigenvalue weighted by Gasteiger charge is 2.30. The number of anilines is 1. The molecule has 0 spiro atoms. The molecule has 6 heteroatoms. The van der Waals surface area contributed by atoms with E-state index in [9.17, 15) is 9.59 Å². The Labute approximate surface area is 147 Å². The van der Waals surface area contributed by atoms with E-state index in [0.29, 0.717) is 17.9 Å². The summed E-state index contributed by atoms with van der Waals surface area (Å²) in [5.41, 5.74) is 6.21. The van der Waals surface area contributed by atoms with Gasteiger partial charge in [-0.25, -0.2) is 0 Å². The summed E-state index contributed by atoms with van der Waals surface area (Å²) >= 11 is 0. The molecule has 0 fully saturated rings. The second-order valence-electron chi connectivity index (χ2n) is 5.76. The van der Waals surface area contributed by atoms with Crippen molar-refractivity contribution in [1.82, 2.24) is 5.32 Å². The molecule has 0 saturated carbocycles. The smallest absolute Gasteiger partial charge is 0.244 e. The average molecular weight is 341 g/mol. The summed E-state index contributed by atoms with van der Waals surface area (Å²) in [7, 11) is 0. The fourth-order valence-electron chi connectivity index (χ4n) is 2.27. The minimum absolute atomic E-state index is 0.161. The lowest BCUT2D eigenvalue weighted by Gasteiger charge is -2.23. The summed E-state index contributed by atoms with van der Waals surface area (Å²) < 4.78 is 5.34. The van der Waals surface area contributed by atoms with Crippen LogP contribution in [0.4, 0.5) is 5.69 Å². The molecule has 0 aromatic heterocycles. The fourth-order valence-corrected chi connectivity index (χ4v) is 2.27. The van der Waals surface area contributed by atoms with E-state index < -0.39 is 11.4 Å². The van der Waals surface area contributed by atoms with Crippen LogP contribution in [0.2, 0.25) is 0 Å². The molecular weight excluding hydrogens is 318 g/mol. The van der Waals surface area contributed by atoms with Crippen LogP contribution in [0.3, 0.4) is 0 Å². The van der Waals surface area contributed by atoms with Crippen LogP contribution in [0.1, 0.15) is 19.4 Å².